The molecule has 4 heteroatoms. The number of rotatable bonds is 1. The van der Waals surface area contributed by atoms with Gasteiger partial charge in [-0.1, -0.05) is 15.9 Å². The molecule has 86 valence electrons. The van der Waals surface area contributed by atoms with E-state index in [0.29, 0.717) is 16.9 Å². The molecular weight excluding hydrogens is 286 g/mol. The molecule has 2 aliphatic rings. The van der Waals surface area contributed by atoms with Gasteiger partial charge in [-0.2, -0.15) is 11.3 Å². The predicted molar refractivity (Wildman–Crippen MR) is 69.2 cm³/mol. The van der Waals surface area contributed by atoms with E-state index >= 15 is 0 Å². The second-order valence-corrected chi connectivity index (χ2v) is 6.75. The highest BCUT2D eigenvalue weighted by Gasteiger charge is 2.42. The van der Waals surface area contributed by atoms with Gasteiger partial charge in [-0.25, -0.2) is 0 Å². The first-order chi connectivity index (χ1) is 7.75. The summed E-state index contributed by atoms with van der Waals surface area (Å²) in [7, 11) is 0. The van der Waals surface area contributed by atoms with Crippen LogP contribution < -0.4 is 0 Å². The zero-order valence-electron chi connectivity index (χ0n) is 8.93. The van der Waals surface area contributed by atoms with Gasteiger partial charge in [-0.05, 0) is 37.1 Å². The maximum Gasteiger partial charge on any atom is 0.255 e. The van der Waals surface area contributed by atoms with Crippen LogP contribution in [0.5, 0.6) is 0 Å². The number of alkyl halides is 1. The Morgan fingerprint density at radius 1 is 1.38 bits per heavy atom. The Morgan fingerprint density at radius 2 is 2.06 bits per heavy atom. The summed E-state index contributed by atoms with van der Waals surface area (Å²) in [5.74, 6) is 0.244. The van der Waals surface area contributed by atoms with Crippen molar-refractivity contribution in [3.05, 3.63) is 22.4 Å². The minimum absolute atomic E-state index is 0.244. The molecule has 0 aromatic carbocycles. The van der Waals surface area contributed by atoms with Gasteiger partial charge in [0.25, 0.3) is 5.91 Å². The number of nitrogens with zero attached hydrogens (tertiary/aromatic N) is 1. The van der Waals surface area contributed by atoms with Crippen LogP contribution in [0.3, 0.4) is 0 Å². The predicted octanol–water partition coefficient (Wildman–Crippen LogP) is 3.28. The molecule has 0 N–H and O–H groups in total. The first-order valence-corrected chi connectivity index (χ1v) is 7.60. The number of hydrogen-bond acceptors (Lipinski definition) is 2. The number of hydrogen-bond donors (Lipinski definition) is 0. The lowest BCUT2D eigenvalue weighted by Gasteiger charge is -2.37. The molecule has 1 amide bonds. The third-order valence-electron chi connectivity index (χ3n) is 3.68. The highest BCUT2D eigenvalue weighted by Crippen LogP contribution is 2.39. The number of halogens is 1. The molecule has 2 atom stereocenters. The highest BCUT2D eigenvalue weighted by atomic mass is 79.9. The normalized spacial score (nSPS) is 33.1. The summed E-state index contributed by atoms with van der Waals surface area (Å²) in [5.41, 5.74) is 0.870. The van der Waals surface area contributed by atoms with E-state index in [9.17, 15) is 4.79 Å². The first kappa shape index (κ1) is 10.8. The Morgan fingerprint density at radius 3 is 2.62 bits per heavy atom. The van der Waals surface area contributed by atoms with E-state index in [1.54, 1.807) is 11.3 Å². The second kappa shape index (κ2) is 4.15. The van der Waals surface area contributed by atoms with E-state index in [1.165, 1.54) is 12.8 Å². The van der Waals surface area contributed by atoms with E-state index in [1.807, 2.05) is 16.8 Å². The van der Waals surface area contributed by atoms with Crippen LogP contribution in [-0.4, -0.2) is 27.7 Å². The number of piperidine rings is 1. The van der Waals surface area contributed by atoms with Crippen molar-refractivity contribution < 1.29 is 4.79 Å². The number of amides is 1. The zero-order valence-corrected chi connectivity index (χ0v) is 11.3. The lowest BCUT2D eigenvalue weighted by atomic mass is 10.0. The van der Waals surface area contributed by atoms with Gasteiger partial charge >= 0.3 is 0 Å². The lowest BCUT2D eigenvalue weighted by Crippen LogP contribution is -2.46. The van der Waals surface area contributed by atoms with E-state index < -0.39 is 0 Å². The number of thiophene rings is 1. The van der Waals surface area contributed by atoms with Crippen molar-refractivity contribution in [3.63, 3.8) is 0 Å². The standard InChI is InChI=1S/C12H14BrNOS/c13-9-5-10-1-2-11(6-9)14(10)12(15)8-3-4-16-7-8/h3-4,7,9-11H,1-2,5-6H2. The smallest absolute Gasteiger partial charge is 0.255 e. The van der Waals surface area contributed by atoms with Crippen LogP contribution in [0.4, 0.5) is 0 Å². The molecule has 16 heavy (non-hydrogen) atoms. The molecule has 2 fully saturated rings. The molecule has 3 rings (SSSR count). The summed E-state index contributed by atoms with van der Waals surface area (Å²) in [5, 5.41) is 3.94. The lowest BCUT2D eigenvalue weighted by molar-refractivity contribution is 0.0604. The molecule has 2 bridgehead atoms. The third-order valence-corrected chi connectivity index (χ3v) is 5.11. The second-order valence-electron chi connectivity index (χ2n) is 4.68. The van der Waals surface area contributed by atoms with E-state index in [0.717, 1.165) is 18.4 Å². The minimum atomic E-state index is 0.244. The Balaban J connectivity index is 1.84. The van der Waals surface area contributed by atoms with Crippen molar-refractivity contribution >= 4 is 33.2 Å². The molecule has 2 unspecified atom stereocenters. The summed E-state index contributed by atoms with van der Waals surface area (Å²) in [6.07, 6.45) is 4.60. The van der Waals surface area contributed by atoms with Crippen molar-refractivity contribution in [1.29, 1.82) is 0 Å². The summed E-state index contributed by atoms with van der Waals surface area (Å²) >= 11 is 5.30. The quantitative estimate of drug-likeness (QED) is 0.729. The van der Waals surface area contributed by atoms with Crippen molar-refractivity contribution in [2.24, 2.45) is 0 Å². The summed E-state index contributed by atoms with van der Waals surface area (Å²) in [6, 6.07) is 2.87. The number of carbonyl (C=O) groups is 1. The number of carbonyl (C=O) groups excluding carboxylic acids is 1. The van der Waals surface area contributed by atoms with Gasteiger partial charge in [0.05, 0.1) is 5.56 Å². The summed E-state index contributed by atoms with van der Waals surface area (Å²) in [6.45, 7) is 0. The molecule has 1 aromatic rings. The SMILES string of the molecule is O=C(c1ccsc1)N1C2CCC1CC(Br)C2. The van der Waals surface area contributed by atoms with Crippen LogP contribution in [0.15, 0.2) is 16.8 Å². The van der Waals surface area contributed by atoms with Gasteiger partial charge in [0.1, 0.15) is 0 Å². The maximum absolute atomic E-state index is 12.3. The average molecular weight is 300 g/mol. The molecular formula is C12H14BrNOS. The average Bonchev–Trinajstić information content (AvgIpc) is 2.85. The molecule has 0 saturated carbocycles. The fourth-order valence-corrected chi connectivity index (χ4v) is 4.47. The minimum Gasteiger partial charge on any atom is -0.333 e. The van der Waals surface area contributed by atoms with Gasteiger partial charge in [0.2, 0.25) is 0 Å². The largest absolute Gasteiger partial charge is 0.333 e. The molecule has 2 saturated heterocycles. The Labute approximate surface area is 108 Å². The number of fused-ring (bicyclic) bond motifs is 2. The molecule has 0 radical (unpaired) electrons. The fraction of sp³-hybridized carbons (Fsp3) is 0.583. The van der Waals surface area contributed by atoms with Crippen molar-refractivity contribution in [2.45, 2.75) is 42.6 Å². The Kier molecular flexibility index (Phi) is 2.80. The van der Waals surface area contributed by atoms with Crippen LogP contribution >= 0.6 is 27.3 Å². The zero-order chi connectivity index (χ0) is 11.1. The monoisotopic (exact) mass is 299 g/mol. The van der Waals surface area contributed by atoms with Gasteiger partial charge < -0.3 is 4.90 Å². The third kappa shape index (κ3) is 1.72. The van der Waals surface area contributed by atoms with Gasteiger partial charge in [-0.3, -0.25) is 4.79 Å². The van der Waals surface area contributed by atoms with Crippen LogP contribution in [0.25, 0.3) is 0 Å². The summed E-state index contributed by atoms with van der Waals surface area (Å²) in [4.78, 5) is 15.1. The molecule has 0 aliphatic carbocycles. The van der Waals surface area contributed by atoms with Crippen LogP contribution in [0.2, 0.25) is 0 Å². The molecule has 1 aromatic heterocycles. The molecule has 2 nitrogen and oxygen atoms in total. The van der Waals surface area contributed by atoms with E-state index in [-0.39, 0.29) is 5.91 Å². The Bertz CT molecular complexity index is 378. The van der Waals surface area contributed by atoms with Gasteiger partial charge in [0, 0.05) is 22.3 Å². The van der Waals surface area contributed by atoms with Crippen LogP contribution in [0, 0.1) is 0 Å². The highest BCUT2D eigenvalue weighted by molar-refractivity contribution is 9.09. The van der Waals surface area contributed by atoms with Gasteiger partial charge in [-0.15, -0.1) is 0 Å². The van der Waals surface area contributed by atoms with Crippen LogP contribution in [0.1, 0.15) is 36.0 Å². The topological polar surface area (TPSA) is 20.3 Å². The first-order valence-electron chi connectivity index (χ1n) is 5.74. The van der Waals surface area contributed by atoms with Crippen molar-refractivity contribution in [1.82, 2.24) is 4.90 Å². The maximum atomic E-state index is 12.3. The summed E-state index contributed by atoms with van der Waals surface area (Å²) < 4.78 is 0. The molecule has 2 aliphatic heterocycles. The van der Waals surface area contributed by atoms with Crippen molar-refractivity contribution in [3.8, 4) is 0 Å². The molecule has 0 spiro atoms. The van der Waals surface area contributed by atoms with Crippen LogP contribution in [-0.2, 0) is 0 Å². The van der Waals surface area contributed by atoms with Gasteiger partial charge in [0.15, 0.2) is 0 Å². The Hall–Kier alpha value is -0.350. The van der Waals surface area contributed by atoms with E-state index in [2.05, 4.69) is 20.8 Å². The molecule has 3 heterocycles. The fourth-order valence-electron chi connectivity index (χ4n) is 2.98. The van der Waals surface area contributed by atoms with E-state index in [4.69, 9.17) is 0 Å². The van der Waals surface area contributed by atoms with Crippen molar-refractivity contribution in [2.75, 3.05) is 0 Å².